The standard InChI is InChI=1S/C28H30FN3O3/c1-20(2)28(33)35-18-6-5-17-34-25-14-7-21(8-15-25)22-9-16-27(26(29)19-22)31-30-23-10-12-24(13-11-23)32(3)4/h7-16,19H,1,5-6,17-18H2,2-4H3. The van der Waals surface area contributed by atoms with Crippen LogP contribution in [-0.2, 0) is 9.53 Å². The molecule has 182 valence electrons. The molecule has 35 heavy (non-hydrogen) atoms. The van der Waals surface area contributed by atoms with E-state index in [0.717, 1.165) is 29.0 Å². The van der Waals surface area contributed by atoms with Crippen LogP contribution in [0.2, 0.25) is 0 Å². The summed E-state index contributed by atoms with van der Waals surface area (Å²) in [5.41, 5.74) is 3.89. The highest BCUT2D eigenvalue weighted by Gasteiger charge is 2.06. The summed E-state index contributed by atoms with van der Waals surface area (Å²) in [7, 11) is 3.92. The molecule has 0 aromatic heterocycles. The van der Waals surface area contributed by atoms with Gasteiger partial charge in [-0.25, -0.2) is 9.18 Å². The number of benzene rings is 3. The second kappa shape index (κ2) is 12.5. The number of carbonyl (C=O) groups is 1. The molecule has 6 nitrogen and oxygen atoms in total. The van der Waals surface area contributed by atoms with Crippen molar-refractivity contribution in [1.29, 1.82) is 0 Å². The van der Waals surface area contributed by atoms with Crippen LogP contribution < -0.4 is 9.64 Å². The van der Waals surface area contributed by atoms with Gasteiger partial charge in [0.15, 0.2) is 5.82 Å². The molecule has 7 heteroatoms. The lowest BCUT2D eigenvalue weighted by Crippen LogP contribution is -2.07. The molecule has 3 aromatic carbocycles. The van der Waals surface area contributed by atoms with E-state index in [9.17, 15) is 9.18 Å². The van der Waals surface area contributed by atoms with Crippen molar-refractivity contribution in [2.75, 3.05) is 32.2 Å². The third-order valence-electron chi connectivity index (χ3n) is 5.16. The van der Waals surface area contributed by atoms with E-state index in [2.05, 4.69) is 16.8 Å². The Kier molecular flexibility index (Phi) is 9.12. The summed E-state index contributed by atoms with van der Waals surface area (Å²) in [5.74, 6) is -0.0911. The predicted octanol–water partition coefficient (Wildman–Crippen LogP) is 7.25. The molecule has 0 aliphatic rings. The highest BCUT2D eigenvalue weighted by atomic mass is 19.1. The molecule has 0 amide bonds. The van der Waals surface area contributed by atoms with Crippen LogP contribution in [0.1, 0.15) is 19.8 Å². The van der Waals surface area contributed by atoms with Crippen molar-refractivity contribution >= 4 is 23.0 Å². The minimum absolute atomic E-state index is 0.180. The van der Waals surface area contributed by atoms with Gasteiger partial charge < -0.3 is 14.4 Å². The van der Waals surface area contributed by atoms with Crippen LogP contribution in [0.25, 0.3) is 11.1 Å². The number of esters is 1. The van der Waals surface area contributed by atoms with Gasteiger partial charge in [0.05, 0.1) is 18.9 Å². The quantitative estimate of drug-likeness (QED) is 0.127. The Morgan fingerprint density at radius 2 is 1.57 bits per heavy atom. The first-order chi connectivity index (χ1) is 16.8. The van der Waals surface area contributed by atoms with Crippen molar-refractivity contribution in [2.45, 2.75) is 19.8 Å². The maximum atomic E-state index is 14.6. The van der Waals surface area contributed by atoms with Crippen molar-refractivity contribution in [2.24, 2.45) is 10.2 Å². The fourth-order valence-corrected chi connectivity index (χ4v) is 3.12. The summed E-state index contributed by atoms with van der Waals surface area (Å²) in [5, 5.41) is 8.19. The molecule has 0 aliphatic heterocycles. The Labute approximate surface area is 205 Å². The predicted molar refractivity (Wildman–Crippen MR) is 137 cm³/mol. The van der Waals surface area contributed by atoms with Crippen molar-refractivity contribution in [1.82, 2.24) is 0 Å². The van der Waals surface area contributed by atoms with Gasteiger partial charge in [0.25, 0.3) is 0 Å². The highest BCUT2D eigenvalue weighted by molar-refractivity contribution is 5.86. The zero-order valence-electron chi connectivity index (χ0n) is 20.3. The molecule has 0 unspecified atom stereocenters. The molecule has 0 saturated carbocycles. The molecule has 0 heterocycles. The van der Waals surface area contributed by atoms with Crippen LogP contribution in [0.5, 0.6) is 5.75 Å². The van der Waals surface area contributed by atoms with Crippen LogP contribution in [0.3, 0.4) is 0 Å². The normalized spacial score (nSPS) is 10.9. The van der Waals surface area contributed by atoms with E-state index < -0.39 is 5.82 Å². The van der Waals surface area contributed by atoms with Gasteiger partial charge in [0, 0.05) is 25.4 Å². The number of hydrogen-bond acceptors (Lipinski definition) is 6. The van der Waals surface area contributed by atoms with E-state index >= 15 is 0 Å². The van der Waals surface area contributed by atoms with E-state index in [1.165, 1.54) is 6.07 Å². The molecule has 0 spiro atoms. The molecular weight excluding hydrogens is 445 g/mol. The zero-order chi connectivity index (χ0) is 25.2. The number of ether oxygens (including phenoxy) is 2. The monoisotopic (exact) mass is 475 g/mol. The van der Waals surface area contributed by atoms with Gasteiger partial charge in [-0.1, -0.05) is 24.8 Å². The van der Waals surface area contributed by atoms with Gasteiger partial charge in [-0.3, -0.25) is 0 Å². The average molecular weight is 476 g/mol. The molecule has 3 aromatic rings. The second-order valence-corrected chi connectivity index (χ2v) is 8.27. The minimum atomic E-state index is -0.441. The molecule has 0 saturated heterocycles. The summed E-state index contributed by atoms with van der Waals surface area (Å²) in [6, 6.07) is 19.9. The Balaban J connectivity index is 1.51. The molecule has 0 aliphatic carbocycles. The lowest BCUT2D eigenvalue weighted by Gasteiger charge is -2.11. The number of halogens is 1. The summed E-state index contributed by atoms with van der Waals surface area (Å²) in [4.78, 5) is 13.3. The maximum Gasteiger partial charge on any atom is 0.333 e. The Hall–Kier alpha value is -4.00. The SMILES string of the molecule is C=C(C)C(=O)OCCCCOc1ccc(-c2ccc(N=Nc3ccc(N(C)C)cc3)c(F)c2)cc1. The number of anilines is 1. The van der Waals surface area contributed by atoms with Crippen molar-refractivity contribution in [3.05, 3.63) is 84.7 Å². The van der Waals surface area contributed by atoms with Crippen LogP contribution in [-0.4, -0.2) is 33.3 Å². The number of rotatable bonds is 11. The summed E-state index contributed by atoms with van der Waals surface area (Å²) >= 11 is 0. The van der Waals surface area contributed by atoms with E-state index in [1.54, 1.807) is 13.0 Å². The van der Waals surface area contributed by atoms with Gasteiger partial charge in [-0.05, 0) is 79.4 Å². The van der Waals surface area contributed by atoms with E-state index in [1.807, 2.05) is 73.6 Å². The molecule has 0 bridgehead atoms. The van der Waals surface area contributed by atoms with E-state index in [-0.39, 0.29) is 11.7 Å². The lowest BCUT2D eigenvalue weighted by molar-refractivity contribution is -0.139. The third-order valence-corrected chi connectivity index (χ3v) is 5.16. The van der Waals surface area contributed by atoms with Crippen molar-refractivity contribution < 1.29 is 18.7 Å². The molecule has 0 fully saturated rings. The first-order valence-electron chi connectivity index (χ1n) is 11.4. The molecule has 3 rings (SSSR count). The fourth-order valence-electron chi connectivity index (χ4n) is 3.12. The third kappa shape index (κ3) is 7.78. The lowest BCUT2D eigenvalue weighted by atomic mass is 10.1. The van der Waals surface area contributed by atoms with Crippen LogP contribution >= 0.6 is 0 Å². The maximum absolute atomic E-state index is 14.6. The summed E-state index contributed by atoms with van der Waals surface area (Å²) < 4.78 is 25.4. The molecule has 0 radical (unpaired) electrons. The number of azo groups is 1. The van der Waals surface area contributed by atoms with E-state index in [0.29, 0.717) is 30.9 Å². The number of unbranched alkanes of at least 4 members (excludes halogenated alkanes) is 1. The Morgan fingerprint density at radius 1 is 0.914 bits per heavy atom. The highest BCUT2D eigenvalue weighted by Crippen LogP contribution is 2.29. The van der Waals surface area contributed by atoms with Crippen LogP contribution in [0.15, 0.2) is 89.1 Å². The smallest absolute Gasteiger partial charge is 0.333 e. The number of carbonyl (C=O) groups excluding carboxylic acids is 1. The van der Waals surface area contributed by atoms with E-state index in [4.69, 9.17) is 9.47 Å². The van der Waals surface area contributed by atoms with Gasteiger partial charge >= 0.3 is 5.97 Å². The van der Waals surface area contributed by atoms with Gasteiger partial charge in [0.1, 0.15) is 11.4 Å². The second-order valence-electron chi connectivity index (χ2n) is 8.27. The number of nitrogens with zero attached hydrogens (tertiary/aromatic N) is 3. The molecule has 0 atom stereocenters. The van der Waals surface area contributed by atoms with Crippen molar-refractivity contribution in [3.8, 4) is 16.9 Å². The first-order valence-corrected chi connectivity index (χ1v) is 11.4. The Bertz CT molecular complexity index is 1170. The van der Waals surface area contributed by atoms with Gasteiger partial charge in [0.2, 0.25) is 0 Å². The average Bonchev–Trinajstić information content (AvgIpc) is 2.85. The van der Waals surface area contributed by atoms with Crippen LogP contribution in [0.4, 0.5) is 21.5 Å². The van der Waals surface area contributed by atoms with Gasteiger partial charge in [-0.2, -0.15) is 5.11 Å². The summed E-state index contributed by atoms with van der Waals surface area (Å²) in [6.45, 7) is 6.02. The van der Waals surface area contributed by atoms with Crippen LogP contribution in [0, 0.1) is 5.82 Å². The number of hydrogen-bond donors (Lipinski definition) is 0. The Morgan fingerprint density at radius 3 is 2.20 bits per heavy atom. The van der Waals surface area contributed by atoms with Crippen molar-refractivity contribution in [3.63, 3.8) is 0 Å². The van der Waals surface area contributed by atoms with Gasteiger partial charge in [-0.15, -0.1) is 5.11 Å². The molecule has 0 N–H and O–H groups in total. The zero-order valence-corrected chi connectivity index (χ0v) is 20.3. The largest absolute Gasteiger partial charge is 0.494 e. The fraction of sp³-hybridized carbons (Fsp3) is 0.250. The first kappa shape index (κ1) is 25.6. The topological polar surface area (TPSA) is 63.5 Å². The molecular formula is C28H30FN3O3. The summed E-state index contributed by atoms with van der Waals surface area (Å²) in [6.07, 6.45) is 1.47. The minimum Gasteiger partial charge on any atom is -0.494 e.